The molecule has 1 heterocycles. The van der Waals surface area contributed by atoms with Crippen LogP contribution in [-0.4, -0.2) is 19.2 Å². The summed E-state index contributed by atoms with van der Waals surface area (Å²) in [7, 11) is 0. The first-order valence-corrected chi connectivity index (χ1v) is 8.24. The Balaban J connectivity index is 1.69. The van der Waals surface area contributed by atoms with Crippen LogP contribution in [0.3, 0.4) is 0 Å². The maximum absolute atomic E-state index is 5.81. The van der Waals surface area contributed by atoms with E-state index in [0.29, 0.717) is 6.04 Å². The molecule has 0 bridgehead atoms. The molecule has 0 spiro atoms. The summed E-state index contributed by atoms with van der Waals surface area (Å²) in [6.45, 7) is 4.13. The van der Waals surface area contributed by atoms with Crippen LogP contribution >= 0.6 is 15.9 Å². The second kappa shape index (κ2) is 5.84. The fourth-order valence-corrected chi connectivity index (χ4v) is 3.66. The monoisotopic (exact) mass is 323 g/mol. The molecular weight excluding hydrogens is 302 g/mol. The Hall–Kier alpha value is -0.540. The standard InChI is InChI=1S/C16H22BrNO/c1-2-18-15(11-3-4-11)6-5-12-9-14(17)10-13-7-8-19-16(12)13/h9-11,15,18H,2-8H2,1H3. The third kappa shape index (κ3) is 3.14. The number of hydrogen-bond donors (Lipinski definition) is 1. The minimum absolute atomic E-state index is 0.695. The fraction of sp³-hybridized carbons (Fsp3) is 0.625. The SMILES string of the molecule is CCNC(CCc1cc(Br)cc2c1OCC2)C1CC1. The molecule has 2 aliphatic rings. The van der Waals surface area contributed by atoms with Gasteiger partial charge < -0.3 is 10.1 Å². The fourth-order valence-electron chi connectivity index (χ4n) is 3.11. The Labute approximate surface area is 124 Å². The molecule has 1 aromatic rings. The number of fused-ring (bicyclic) bond motifs is 1. The molecule has 1 aliphatic heterocycles. The van der Waals surface area contributed by atoms with E-state index in [4.69, 9.17) is 4.74 Å². The molecule has 0 radical (unpaired) electrons. The zero-order valence-corrected chi connectivity index (χ0v) is 13.1. The first-order chi connectivity index (χ1) is 9.28. The molecule has 2 nitrogen and oxygen atoms in total. The minimum atomic E-state index is 0.695. The van der Waals surface area contributed by atoms with Gasteiger partial charge in [-0.15, -0.1) is 0 Å². The first-order valence-electron chi connectivity index (χ1n) is 7.45. The Morgan fingerprint density at radius 2 is 2.26 bits per heavy atom. The average molecular weight is 324 g/mol. The van der Waals surface area contributed by atoms with Gasteiger partial charge in [-0.2, -0.15) is 0 Å². The molecule has 1 aromatic carbocycles. The van der Waals surface area contributed by atoms with Gasteiger partial charge >= 0.3 is 0 Å². The molecule has 1 N–H and O–H groups in total. The normalized spacial score (nSPS) is 19.1. The van der Waals surface area contributed by atoms with Gasteiger partial charge in [0.1, 0.15) is 5.75 Å². The van der Waals surface area contributed by atoms with Crippen LogP contribution in [0, 0.1) is 5.92 Å². The van der Waals surface area contributed by atoms with Crippen LogP contribution in [0.15, 0.2) is 16.6 Å². The van der Waals surface area contributed by atoms with Gasteiger partial charge in [-0.05, 0) is 61.4 Å². The zero-order valence-electron chi connectivity index (χ0n) is 11.5. The number of nitrogens with one attached hydrogen (secondary N) is 1. The quantitative estimate of drug-likeness (QED) is 0.861. The van der Waals surface area contributed by atoms with Crippen molar-refractivity contribution in [3.63, 3.8) is 0 Å². The van der Waals surface area contributed by atoms with Gasteiger partial charge in [0, 0.05) is 16.9 Å². The van der Waals surface area contributed by atoms with Crippen LogP contribution in [0.1, 0.15) is 37.3 Å². The molecule has 0 saturated heterocycles. The summed E-state index contributed by atoms with van der Waals surface area (Å²) >= 11 is 3.62. The summed E-state index contributed by atoms with van der Waals surface area (Å²) in [6, 6.07) is 5.13. The maximum atomic E-state index is 5.81. The topological polar surface area (TPSA) is 21.3 Å². The second-order valence-corrected chi connectivity index (χ2v) is 6.61. The summed E-state index contributed by atoms with van der Waals surface area (Å²) in [5.74, 6) is 2.08. The highest BCUT2D eigenvalue weighted by Gasteiger charge is 2.30. The number of hydrogen-bond acceptors (Lipinski definition) is 2. The Morgan fingerprint density at radius 3 is 3.00 bits per heavy atom. The van der Waals surface area contributed by atoms with Gasteiger partial charge in [0.05, 0.1) is 6.61 Å². The molecule has 3 heteroatoms. The van der Waals surface area contributed by atoms with Crippen molar-refractivity contribution >= 4 is 15.9 Å². The van der Waals surface area contributed by atoms with Crippen LogP contribution in [0.5, 0.6) is 5.75 Å². The lowest BCUT2D eigenvalue weighted by Crippen LogP contribution is -2.31. The number of ether oxygens (including phenoxy) is 1. The Morgan fingerprint density at radius 1 is 1.42 bits per heavy atom. The van der Waals surface area contributed by atoms with Crippen LogP contribution in [0.25, 0.3) is 0 Å². The van der Waals surface area contributed by atoms with E-state index in [0.717, 1.165) is 37.7 Å². The van der Waals surface area contributed by atoms with Crippen molar-refractivity contribution in [2.45, 2.75) is 45.1 Å². The van der Waals surface area contributed by atoms with Crippen LogP contribution in [0.2, 0.25) is 0 Å². The highest BCUT2D eigenvalue weighted by Crippen LogP contribution is 2.37. The Kier molecular flexibility index (Phi) is 4.13. The molecule has 1 fully saturated rings. The molecule has 1 aliphatic carbocycles. The molecule has 0 amide bonds. The number of halogens is 1. The highest BCUT2D eigenvalue weighted by atomic mass is 79.9. The van der Waals surface area contributed by atoms with Crippen molar-refractivity contribution in [3.8, 4) is 5.75 Å². The predicted octanol–water partition coefficient (Wildman–Crippen LogP) is 3.70. The van der Waals surface area contributed by atoms with Crippen LogP contribution < -0.4 is 10.1 Å². The van der Waals surface area contributed by atoms with Gasteiger partial charge in [-0.1, -0.05) is 22.9 Å². The number of benzene rings is 1. The predicted molar refractivity (Wildman–Crippen MR) is 81.9 cm³/mol. The molecule has 1 unspecified atom stereocenters. The van der Waals surface area contributed by atoms with E-state index >= 15 is 0 Å². The summed E-state index contributed by atoms with van der Waals surface area (Å²) < 4.78 is 7.00. The minimum Gasteiger partial charge on any atom is -0.493 e. The molecule has 19 heavy (non-hydrogen) atoms. The van der Waals surface area contributed by atoms with Crippen molar-refractivity contribution in [2.75, 3.05) is 13.2 Å². The van der Waals surface area contributed by atoms with E-state index in [1.165, 1.54) is 34.9 Å². The Bertz CT molecular complexity index is 456. The van der Waals surface area contributed by atoms with Crippen molar-refractivity contribution in [3.05, 3.63) is 27.7 Å². The summed E-state index contributed by atoms with van der Waals surface area (Å²) in [5, 5.41) is 3.64. The summed E-state index contributed by atoms with van der Waals surface area (Å²) in [6.07, 6.45) is 6.22. The smallest absolute Gasteiger partial charge is 0.125 e. The van der Waals surface area contributed by atoms with E-state index in [1.807, 2.05) is 0 Å². The van der Waals surface area contributed by atoms with Gasteiger partial charge in [-0.25, -0.2) is 0 Å². The highest BCUT2D eigenvalue weighted by molar-refractivity contribution is 9.10. The molecule has 104 valence electrons. The third-order valence-electron chi connectivity index (χ3n) is 4.21. The molecular formula is C16H22BrNO. The third-order valence-corrected chi connectivity index (χ3v) is 4.67. The molecule has 3 rings (SSSR count). The average Bonchev–Trinajstić information content (AvgIpc) is 3.12. The van der Waals surface area contributed by atoms with Crippen molar-refractivity contribution in [1.29, 1.82) is 0 Å². The number of aryl methyl sites for hydroxylation is 1. The van der Waals surface area contributed by atoms with E-state index in [-0.39, 0.29) is 0 Å². The maximum Gasteiger partial charge on any atom is 0.125 e. The van der Waals surface area contributed by atoms with E-state index in [9.17, 15) is 0 Å². The molecule has 1 atom stereocenters. The van der Waals surface area contributed by atoms with Gasteiger partial charge in [0.15, 0.2) is 0 Å². The van der Waals surface area contributed by atoms with E-state index < -0.39 is 0 Å². The largest absolute Gasteiger partial charge is 0.493 e. The van der Waals surface area contributed by atoms with Gasteiger partial charge in [0.25, 0.3) is 0 Å². The van der Waals surface area contributed by atoms with Crippen molar-refractivity contribution in [1.82, 2.24) is 5.32 Å². The molecule has 0 aromatic heterocycles. The van der Waals surface area contributed by atoms with Gasteiger partial charge in [0.2, 0.25) is 0 Å². The van der Waals surface area contributed by atoms with E-state index in [2.05, 4.69) is 40.3 Å². The van der Waals surface area contributed by atoms with Crippen LogP contribution in [-0.2, 0) is 12.8 Å². The van der Waals surface area contributed by atoms with Crippen LogP contribution in [0.4, 0.5) is 0 Å². The lowest BCUT2D eigenvalue weighted by atomic mass is 9.99. The van der Waals surface area contributed by atoms with Crippen molar-refractivity contribution < 1.29 is 4.74 Å². The second-order valence-electron chi connectivity index (χ2n) is 5.69. The summed E-state index contributed by atoms with van der Waals surface area (Å²) in [4.78, 5) is 0. The molecule has 1 saturated carbocycles. The summed E-state index contributed by atoms with van der Waals surface area (Å²) in [5.41, 5.74) is 2.75. The lowest BCUT2D eigenvalue weighted by molar-refractivity contribution is 0.351. The van der Waals surface area contributed by atoms with Gasteiger partial charge in [-0.3, -0.25) is 0 Å². The zero-order chi connectivity index (χ0) is 13.2. The van der Waals surface area contributed by atoms with Crippen molar-refractivity contribution in [2.24, 2.45) is 5.92 Å². The lowest BCUT2D eigenvalue weighted by Gasteiger charge is -2.18. The first kappa shape index (κ1) is 13.4. The van der Waals surface area contributed by atoms with E-state index in [1.54, 1.807) is 0 Å². The number of rotatable bonds is 6.